The number of halogens is 1. The third-order valence-electron chi connectivity index (χ3n) is 2.52. The highest BCUT2D eigenvalue weighted by molar-refractivity contribution is 6.34. The van der Waals surface area contributed by atoms with Crippen molar-refractivity contribution in [3.63, 3.8) is 0 Å². The third-order valence-corrected chi connectivity index (χ3v) is 2.85. The number of nitrogens with two attached hydrogens (primary N) is 1. The fourth-order valence-corrected chi connectivity index (χ4v) is 1.72. The lowest BCUT2D eigenvalue weighted by atomic mass is 10.2. The molecule has 0 aliphatic carbocycles. The first-order valence-corrected chi connectivity index (χ1v) is 6.40. The Morgan fingerprint density at radius 2 is 2.11 bits per heavy atom. The minimum Gasteiger partial charge on any atom is -0.399 e. The van der Waals surface area contributed by atoms with Crippen molar-refractivity contribution in [1.29, 1.82) is 0 Å². The summed E-state index contributed by atoms with van der Waals surface area (Å²) in [6.45, 7) is 2.55. The van der Waals surface area contributed by atoms with E-state index in [-0.39, 0.29) is 18.4 Å². The Morgan fingerprint density at radius 1 is 1.42 bits per heavy atom. The van der Waals surface area contributed by atoms with Gasteiger partial charge in [-0.05, 0) is 24.6 Å². The molecule has 5 nitrogen and oxygen atoms in total. The molecule has 0 heterocycles. The summed E-state index contributed by atoms with van der Waals surface area (Å²) in [6, 6.07) is 4.69. The van der Waals surface area contributed by atoms with E-state index >= 15 is 0 Å². The van der Waals surface area contributed by atoms with Crippen molar-refractivity contribution >= 4 is 29.1 Å². The monoisotopic (exact) mass is 283 g/mol. The SMILES string of the molecule is CCCNC(=O)CN(C)C(=O)c1cc(N)ccc1Cl. The number of hydrogen-bond acceptors (Lipinski definition) is 3. The van der Waals surface area contributed by atoms with E-state index in [1.807, 2.05) is 6.92 Å². The van der Waals surface area contributed by atoms with Gasteiger partial charge in [0.2, 0.25) is 5.91 Å². The van der Waals surface area contributed by atoms with Crippen LogP contribution >= 0.6 is 11.6 Å². The van der Waals surface area contributed by atoms with E-state index in [4.69, 9.17) is 17.3 Å². The van der Waals surface area contributed by atoms with Crippen LogP contribution in [0.2, 0.25) is 5.02 Å². The average molecular weight is 284 g/mol. The molecule has 0 saturated carbocycles. The highest BCUT2D eigenvalue weighted by Crippen LogP contribution is 2.20. The number of benzene rings is 1. The molecule has 104 valence electrons. The average Bonchev–Trinajstić information content (AvgIpc) is 2.38. The largest absolute Gasteiger partial charge is 0.399 e. The van der Waals surface area contributed by atoms with Crippen LogP contribution in [-0.2, 0) is 4.79 Å². The molecule has 0 unspecified atom stereocenters. The quantitative estimate of drug-likeness (QED) is 0.805. The standard InChI is InChI=1S/C13H18ClN3O2/c1-3-6-16-12(18)8-17(2)13(19)10-7-9(15)4-5-11(10)14/h4-5,7H,3,6,8,15H2,1-2H3,(H,16,18). The number of rotatable bonds is 5. The van der Waals surface area contributed by atoms with Gasteiger partial charge in [0, 0.05) is 19.3 Å². The number of likely N-dealkylation sites (N-methyl/N-ethyl adjacent to an activating group) is 1. The van der Waals surface area contributed by atoms with Crippen molar-refractivity contribution in [1.82, 2.24) is 10.2 Å². The van der Waals surface area contributed by atoms with Gasteiger partial charge in [0.1, 0.15) is 0 Å². The van der Waals surface area contributed by atoms with Gasteiger partial charge in [-0.3, -0.25) is 9.59 Å². The van der Waals surface area contributed by atoms with Gasteiger partial charge in [-0.2, -0.15) is 0 Å². The number of anilines is 1. The summed E-state index contributed by atoms with van der Waals surface area (Å²) in [5, 5.41) is 3.02. The molecule has 2 amide bonds. The molecular formula is C13H18ClN3O2. The Balaban J connectivity index is 2.71. The van der Waals surface area contributed by atoms with E-state index < -0.39 is 0 Å². The van der Waals surface area contributed by atoms with Gasteiger partial charge >= 0.3 is 0 Å². The summed E-state index contributed by atoms with van der Waals surface area (Å²) < 4.78 is 0. The second-order valence-electron chi connectivity index (χ2n) is 4.25. The van der Waals surface area contributed by atoms with E-state index in [9.17, 15) is 9.59 Å². The Labute approximate surface area is 117 Å². The fourth-order valence-electron chi connectivity index (χ4n) is 1.52. The van der Waals surface area contributed by atoms with Crippen molar-refractivity contribution in [3.05, 3.63) is 28.8 Å². The van der Waals surface area contributed by atoms with Gasteiger partial charge < -0.3 is 16.0 Å². The van der Waals surface area contributed by atoms with Crippen LogP contribution in [0.5, 0.6) is 0 Å². The highest BCUT2D eigenvalue weighted by atomic mass is 35.5. The number of carbonyl (C=O) groups excluding carboxylic acids is 2. The molecule has 0 aliphatic rings. The smallest absolute Gasteiger partial charge is 0.255 e. The zero-order valence-electron chi connectivity index (χ0n) is 11.1. The van der Waals surface area contributed by atoms with Crippen LogP contribution in [0.4, 0.5) is 5.69 Å². The predicted molar refractivity (Wildman–Crippen MR) is 76.1 cm³/mol. The summed E-state index contributed by atoms with van der Waals surface area (Å²) in [7, 11) is 1.55. The van der Waals surface area contributed by atoms with Gasteiger partial charge in [0.25, 0.3) is 5.91 Å². The second kappa shape index (κ2) is 6.99. The van der Waals surface area contributed by atoms with Crippen LogP contribution in [-0.4, -0.2) is 36.9 Å². The molecule has 1 aromatic rings. The maximum atomic E-state index is 12.1. The maximum absolute atomic E-state index is 12.1. The normalized spacial score (nSPS) is 10.1. The molecule has 6 heteroatoms. The topological polar surface area (TPSA) is 75.4 Å². The molecule has 1 aromatic carbocycles. The van der Waals surface area contributed by atoms with Crippen LogP contribution < -0.4 is 11.1 Å². The summed E-state index contributed by atoms with van der Waals surface area (Å²) in [6.07, 6.45) is 0.852. The lowest BCUT2D eigenvalue weighted by Gasteiger charge is -2.17. The van der Waals surface area contributed by atoms with Gasteiger partial charge in [-0.1, -0.05) is 18.5 Å². The molecule has 0 aromatic heterocycles. The molecule has 0 bridgehead atoms. The van der Waals surface area contributed by atoms with E-state index in [0.29, 0.717) is 22.8 Å². The minimum absolute atomic E-state index is 0.00996. The second-order valence-corrected chi connectivity index (χ2v) is 4.66. The van der Waals surface area contributed by atoms with Crippen molar-refractivity contribution in [3.8, 4) is 0 Å². The molecule has 0 radical (unpaired) electrons. The molecule has 0 aliphatic heterocycles. The van der Waals surface area contributed by atoms with E-state index in [1.165, 1.54) is 11.0 Å². The highest BCUT2D eigenvalue weighted by Gasteiger charge is 2.17. The van der Waals surface area contributed by atoms with Crippen LogP contribution in [0.25, 0.3) is 0 Å². The third kappa shape index (κ3) is 4.44. The Kier molecular flexibility index (Phi) is 5.63. The maximum Gasteiger partial charge on any atom is 0.255 e. The van der Waals surface area contributed by atoms with Gasteiger partial charge in [-0.25, -0.2) is 0 Å². The first-order chi connectivity index (χ1) is 8.95. The zero-order chi connectivity index (χ0) is 14.4. The van der Waals surface area contributed by atoms with Crippen molar-refractivity contribution in [2.75, 3.05) is 25.9 Å². The summed E-state index contributed by atoms with van der Waals surface area (Å²) in [5.74, 6) is -0.526. The van der Waals surface area contributed by atoms with Crippen molar-refractivity contribution in [2.24, 2.45) is 0 Å². The zero-order valence-corrected chi connectivity index (χ0v) is 11.8. The van der Waals surface area contributed by atoms with Gasteiger partial charge in [-0.15, -0.1) is 0 Å². The first-order valence-electron chi connectivity index (χ1n) is 6.03. The van der Waals surface area contributed by atoms with Crippen LogP contribution in [0.3, 0.4) is 0 Å². The molecule has 0 atom stereocenters. The molecular weight excluding hydrogens is 266 g/mol. The Hall–Kier alpha value is -1.75. The predicted octanol–water partition coefficient (Wildman–Crippen LogP) is 1.52. The summed E-state index contributed by atoms with van der Waals surface area (Å²) in [4.78, 5) is 25.0. The minimum atomic E-state index is -0.330. The molecule has 1 rings (SSSR count). The molecule has 3 N–H and O–H groups in total. The van der Waals surface area contributed by atoms with Crippen molar-refractivity contribution in [2.45, 2.75) is 13.3 Å². The molecule has 0 fully saturated rings. The lowest BCUT2D eigenvalue weighted by molar-refractivity contribution is -0.121. The molecule has 0 saturated heterocycles. The lowest BCUT2D eigenvalue weighted by Crippen LogP contribution is -2.38. The number of hydrogen-bond donors (Lipinski definition) is 2. The number of nitrogens with one attached hydrogen (secondary N) is 1. The Bertz CT molecular complexity index is 477. The van der Waals surface area contributed by atoms with E-state index in [2.05, 4.69) is 5.32 Å². The summed E-state index contributed by atoms with van der Waals surface area (Å²) >= 11 is 5.95. The molecule has 19 heavy (non-hydrogen) atoms. The Morgan fingerprint density at radius 3 is 2.74 bits per heavy atom. The first kappa shape index (κ1) is 15.3. The summed E-state index contributed by atoms with van der Waals surface area (Å²) in [5.41, 5.74) is 6.38. The molecule has 0 spiro atoms. The number of carbonyl (C=O) groups is 2. The van der Waals surface area contributed by atoms with Crippen molar-refractivity contribution < 1.29 is 9.59 Å². The van der Waals surface area contributed by atoms with Crippen LogP contribution in [0, 0.1) is 0 Å². The van der Waals surface area contributed by atoms with Gasteiger partial charge in [0.05, 0.1) is 17.1 Å². The van der Waals surface area contributed by atoms with Gasteiger partial charge in [0.15, 0.2) is 0 Å². The van der Waals surface area contributed by atoms with E-state index in [1.54, 1.807) is 19.2 Å². The fraction of sp³-hybridized carbons (Fsp3) is 0.385. The van der Waals surface area contributed by atoms with Crippen LogP contribution in [0.15, 0.2) is 18.2 Å². The van der Waals surface area contributed by atoms with E-state index in [0.717, 1.165) is 6.42 Å². The number of nitrogens with zero attached hydrogens (tertiary/aromatic N) is 1. The number of amides is 2. The van der Waals surface area contributed by atoms with Crippen LogP contribution in [0.1, 0.15) is 23.7 Å². The number of nitrogen functional groups attached to an aromatic ring is 1.